The first-order valence-corrected chi connectivity index (χ1v) is 10.6. The number of rotatable bonds is 7. The number of methoxy groups -OCH3 is 2. The van der Waals surface area contributed by atoms with Gasteiger partial charge in [0.2, 0.25) is 5.91 Å². The number of ketones is 1. The molecule has 0 spiro atoms. The predicted molar refractivity (Wildman–Crippen MR) is 118 cm³/mol. The van der Waals surface area contributed by atoms with Gasteiger partial charge < -0.3 is 19.4 Å². The maximum atomic E-state index is 12.8. The lowest BCUT2D eigenvalue weighted by atomic mass is 9.96. The second-order valence-electron chi connectivity index (χ2n) is 7.81. The van der Waals surface area contributed by atoms with Crippen molar-refractivity contribution in [2.75, 3.05) is 27.3 Å². The predicted octanol–water partition coefficient (Wildman–Crippen LogP) is 3.95. The normalized spacial score (nSPS) is 16.3. The molecule has 1 atom stereocenters. The van der Waals surface area contributed by atoms with E-state index < -0.39 is 0 Å². The lowest BCUT2D eigenvalue weighted by molar-refractivity contribution is -0.132. The minimum atomic E-state index is -0.0832. The molecule has 2 heterocycles. The van der Waals surface area contributed by atoms with E-state index in [1.54, 1.807) is 25.3 Å². The van der Waals surface area contributed by atoms with Crippen molar-refractivity contribution in [1.29, 1.82) is 0 Å². The van der Waals surface area contributed by atoms with E-state index in [4.69, 9.17) is 14.5 Å². The number of carbonyl (C=O) groups is 2. The van der Waals surface area contributed by atoms with Crippen LogP contribution in [0.15, 0.2) is 42.5 Å². The average molecular weight is 421 g/mol. The van der Waals surface area contributed by atoms with Crippen LogP contribution in [0.4, 0.5) is 0 Å². The van der Waals surface area contributed by atoms with Gasteiger partial charge in [-0.2, -0.15) is 0 Å². The highest BCUT2D eigenvalue weighted by Gasteiger charge is 2.27. The molecule has 0 aliphatic carbocycles. The molecule has 162 valence electrons. The van der Waals surface area contributed by atoms with E-state index in [1.165, 1.54) is 7.11 Å². The number of hydrogen-bond acceptors (Lipinski definition) is 5. The molecule has 0 unspecified atom stereocenters. The third-order valence-electron chi connectivity index (χ3n) is 5.84. The highest BCUT2D eigenvalue weighted by molar-refractivity contribution is 5.98. The molecule has 3 aromatic rings. The average Bonchev–Trinajstić information content (AvgIpc) is 3.26. The number of carbonyl (C=O) groups excluding carboxylic acids is 2. The Kier molecular flexibility index (Phi) is 6.21. The van der Waals surface area contributed by atoms with Crippen LogP contribution < -0.4 is 9.47 Å². The Labute approximate surface area is 181 Å². The molecule has 0 saturated carbocycles. The third-order valence-corrected chi connectivity index (χ3v) is 5.84. The zero-order chi connectivity index (χ0) is 21.8. The van der Waals surface area contributed by atoms with Crippen molar-refractivity contribution in [2.24, 2.45) is 0 Å². The molecule has 1 amide bonds. The van der Waals surface area contributed by atoms with Crippen molar-refractivity contribution in [3.8, 4) is 11.5 Å². The molecule has 1 aliphatic heterocycles. The molecule has 4 rings (SSSR count). The number of nitrogens with one attached hydrogen (secondary N) is 1. The summed E-state index contributed by atoms with van der Waals surface area (Å²) in [5, 5.41) is 0. The quantitative estimate of drug-likeness (QED) is 0.584. The molecular weight excluding hydrogens is 394 g/mol. The Morgan fingerprint density at radius 3 is 2.68 bits per heavy atom. The number of Topliss-reactive ketones (excluding diaryl/α,β-unsaturated/α-hetero) is 1. The Hall–Kier alpha value is -3.35. The maximum Gasteiger partial charge on any atom is 0.223 e. The fourth-order valence-corrected chi connectivity index (χ4v) is 4.13. The van der Waals surface area contributed by atoms with Gasteiger partial charge >= 0.3 is 0 Å². The molecule has 0 bridgehead atoms. The number of piperidine rings is 1. The van der Waals surface area contributed by atoms with Gasteiger partial charge in [-0.15, -0.1) is 0 Å². The molecule has 1 fully saturated rings. The standard InChI is InChI=1S/C24H27N3O4/c1-30-21-11-9-16(14-22(21)31-2)20(28)10-12-23(29)27-13-5-6-17(15-27)24-25-18-7-3-4-8-19(18)26-24/h3-4,7-9,11,14,17H,5-6,10,12-13,15H2,1-2H3,(H,25,26)/t17-/m0/s1. The third kappa shape index (κ3) is 4.55. The SMILES string of the molecule is COc1ccc(C(=O)CCC(=O)N2CCC[C@H](c3nc4ccccc4[nH]3)C2)cc1OC. The summed E-state index contributed by atoms with van der Waals surface area (Å²) in [6, 6.07) is 13.0. The number of H-pyrrole nitrogens is 1. The second-order valence-corrected chi connectivity index (χ2v) is 7.81. The van der Waals surface area contributed by atoms with Crippen LogP contribution in [0.25, 0.3) is 11.0 Å². The Balaban J connectivity index is 1.36. The van der Waals surface area contributed by atoms with Crippen molar-refractivity contribution in [2.45, 2.75) is 31.6 Å². The first-order valence-electron chi connectivity index (χ1n) is 10.6. The number of amides is 1. The van der Waals surface area contributed by atoms with Crippen LogP contribution in [-0.2, 0) is 4.79 Å². The highest BCUT2D eigenvalue weighted by atomic mass is 16.5. The lowest BCUT2D eigenvalue weighted by Gasteiger charge is -2.32. The number of aromatic nitrogens is 2. The van der Waals surface area contributed by atoms with Crippen molar-refractivity contribution >= 4 is 22.7 Å². The van der Waals surface area contributed by atoms with Crippen LogP contribution in [0.3, 0.4) is 0 Å². The van der Waals surface area contributed by atoms with Gasteiger partial charge in [-0.1, -0.05) is 12.1 Å². The minimum Gasteiger partial charge on any atom is -0.493 e. The summed E-state index contributed by atoms with van der Waals surface area (Å²) in [5.41, 5.74) is 2.48. The summed E-state index contributed by atoms with van der Waals surface area (Å²) >= 11 is 0. The highest BCUT2D eigenvalue weighted by Crippen LogP contribution is 2.29. The van der Waals surface area contributed by atoms with Gasteiger partial charge in [0.05, 0.1) is 25.3 Å². The van der Waals surface area contributed by atoms with Crippen molar-refractivity contribution in [3.63, 3.8) is 0 Å². The van der Waals surface area contributed by atoms with Gasteiger partial charge in [-0.3, -0.25) is 9.59 Å². The van der Waals surface area contributed by atoms with Crippen molar-refractivity contribution in [1.82, 2.24) is 14.9 Å². The van der Waals surface area contributed by atoms with Crippen LogP contribution in [0.5, 0.6) is 11.5 Å². The van der Waals surface area contributed by atoms with Crippen LogP contribution in [0, 0.1) is 0 Å². The van der Waals surface area contributed by atoms with Gasteiger partial charge in [-0.25, -0.2) is 4.98 Å². The number of fused-ring (bicyclic) bond motifs is 1. The maximum absolute atomic E-state index is 12.8. The molecule has 0 radical (unpaired) electrons. The van der Waals surface area contributed by atoms with Crippen LogP contribution in [-0.4, -0.2) is 53.9 Å². The number of hydrogen-bond donors (Lipinski definition) is 1. The summed E-state index contributed by atoms with van der Waals surface area (Å²) in [5.74, 6) is 2.12. The lowest BCUT2D eigenvalue weighted by Crippen LogP contribution is -2.39. The molecule has 7 heteroatoms. The van der Waals surface area contributed by atoms with Crippen LogP contribution in [0.2, 0.25) is 0 Å². The summed E-state index contributed by atoms with van der Waals surface area (Å²) in [6.45, 7) is 1.35. The Bertz CT molecular complexity index is 1060. The second kappa shape index (κ2) is 9.20. The van der Waals surface area contributed by atoms with Crippen molar-refractivity contribution < 1.29 is 19.1 Å². The van der Waals surface area contributed by atoms with Crippen LogP contribution >= 0.6 is 0 Å². The molecule has 31 heavy (non-hydrogen) atoms. The van der Waals surface area contributed by atoms with E-state index in [9.17, 15) is 9.59 Å². The topological polar surface area (TPSA) is 84.5 Å². The molecule has 1 N–H and O–H groups in total. The molecular formula is C24H27N3O4. The first kappa shape index (κ1) is 20.9. The van der Waals surface area contributed by atoms with E-state index >= 15 is 0 Å². The van der Waals surface area contributed by atoms with Gasteiger partial charge in [-0.05, 0) is 43.2 Å². The largest absolute Gasteiger partial charge is 0.493 e. The summed E-state index contributed by atoms with van der Waals surface area (Å²) < 4.78 is 10.5. The van der Waals surface area contributed by atoms with Gasteiger partial charge in [0, 0.05) is 37.4 Å². The van der Waals surface area contributed by atoms with Gasteiger partial charge in [0.1, 0.15) is 5.82 Å². The summed E-state index contributed by atoms with van der Waals surface area (Å²) in [6.07, 6.45) is 2.28. The van der Waals surface area contributed by atoms with E-state index in [1.807, 2.05) is 29.2 Å². The molecule has 1 aromatic heterocycles. The number of ether oxygens (including phenoxy) is 2. The van der Waals surface area contributed by atoms with Crippen molar-refractivity contribution in [3.05, 3.63) is 53.9 Å². The van der Waals surface area contributed by atoms with Gasteiger partial charge in [0.15, 0.2) is 17.3 Å². The Morgan fingerprint density at radius 1 is 1.10 bits per heavy atom. The molecule has 1 saturated heterocycles. The van der Waals surface area contributed by atoms with Gasteiger partial charge in [0.25, 0.3) is 0 Å². The minimum absolute atomic E-state index is 0.00892. The fraction of sp³-hybridized carbons (Fsp3) is 0.375. The summed E-state index contributed by atoms with van der Waals surface area (Å²) in [7, 11) is 3.08. The summed E-state index contributed by atoms with van der Waals surface area (Å²) in [4.78, 5) is 35.4. The zero-order valence-electron chi connectivity index (χ0n) is 17.9. The van der Waals surface area contributed by atoms with E-state index in [2.05, 4.69) is 4.98 Å². The number of aromatic amines is 1. The fourth-order valence-electron chi connectivity index (χ4n) is 4.13. The number of nitrogens with zero attached hydrogens (tertiary/aromatic N) is 2. The Morgan fingerprint density at radius 2 is 1.90 bits per heavy atom. The smallest absolute Gasteiger partial charge is 0.223 e. The number of imidazole rings is 1. The monoisotopic (exact) mass is 421 g/mol. The number of para-hydroxylation sites is 2. The van der Waals surface area contributed by atoms with E-state index in [-0.39, 0.29) is 30.4 Å². The number of likely N-dealkylation sites (tertiary alicyclic amines) is 1. The molecule has 2 aromatic carbocycles. The van der Waals surface area contributed by atoms with E-state index in [0.29, 0.717) is 23.6 Å². The molecule has 7 nitrogen and oxygen atoms in total. The van der Waals surface area contributed by atoms with Crippen LogP contribution in [0.1, 0.15) is 47.8 Å². The first-order chi connectivity index (χ1) is 15.1. The van der Waals surface area contributed by atoms with E-state index in [0.717, 1.165) is 36.2 Å². The zero-order valence-corrected chi connectivity index (χ0v) is 17.9. The molecule has 1 aliphatic rings. The number of benzene rings is 2.